The Balaban J connectivity index is 1.36. The Morgan fingerprint density at radius 1 is 1.18 bits per heavy atom. The normalized spacial score (nSPS) is 13.2. The van der Waals surface area contributed by atoms with Gasteiger partial charge in [0.15, 0.2) is 5.16 Å². The van der Waals surface area contributed by atoms with E-state index in [0.29, 0.717) is 39.9 Å². The molecule has 2 amide bonds. The first kappa shape index (κ1) is 21.7. The van der Waals surface area contributed by atoms with Crippen molar-refractivity contribution in [1.82, 2.24) is 14.9 Å². The van der Waals surface area contributed by atoms with E-state index in [2.05, 4.69) is 26.7 Å². The number of hydrogen-bond donors (Lipinski definition) is 1. The van der Waals surface area contributed by atoms with Crippen LogP contribution in [0, 0.1) is 13.8 Å². The van der Waals surface area contributed by atoms with E-state index in [9.17, 15) is 9.59 Å². The zero-order chi connectivity index (χ0) is 22.9. The summed E-state index contributed by atoms with van der Waals surface area (Å²) in [5.41, 5.74) is 3.04. The van der Waals surface area contributed by atoms with E-state index >= 15 is 0 Å². The molecule has 168 valence electrons. The van der Waals surface area contributed by atoms with Crippen LogP contribution in [0.1, 0.15) is 32.1 Å². The second-order valence-electron chi connectivity index (χ2n) is 7.86. The second-order valence-corrected chi connectivity index (χ2v) is 9.80. The summed E-state index contributed by atoms with van der Waals surface area (Å²) < 4.78 is 5.81. The quantitative estimate of drug-likeness (QED) is 0.326. The third kappa shape index (κ3) is 4.38. The topological polar surface area (TPSA) is 88.3 Å². The molecule has 33 heavy (non-hydrogen) atoms. The van der Waals surface area contributed by atoms with Crippen molar-refractivity contribution >= 4 is 51.8 Å². The lowest BCUT2D eigenvalue weighted by Crippen LogP contribution is -2.36. The lowest BCUT2D eigenvalue weighted by atomic mass is 10.1. The first-order valence-corrected chi connectivity index (χ1v) is 12.5. The zero-order valence-corrected chi connectivity index (χ0v) is 19.9. The van der Waals surface area contributed by atoms with Gasteiger partial charge in [-0.2, -0.15) is 4.98 Å². The van der Waals surface area contributed by atoms with Gasteiger partial charge in [0.05, 0.1) is 11.1 Å². The molecule has 1 aliphatic heterocycles. The maximum atomic E-state index is 12.8. The molecule has 0 atom stereocenters. The number of amides is 2. The molecule has 3 aromatic heterocycles. The average molecular weight is 479 g/mol. The van der Waals surface area contributed by atoms with Gasteiger partial charge in [0.1, 0.15) is 11.6 Å². The van der Waals surface area contributed by atoms with Gasteiger partial charge in [0.2, 0.25) is 11.6 Å². The molecule has 1 N–H and O–H groups in total. The molecule has 1 aliphatic rings. The minimum atomic E-state index is -0.263. The van der Waals surface area contributed by atoms with Crippen LogP contribution in [-0.2, 0) is 17.8 Å². The number of rotatable bonds is 5. The number of carbonyl (C=O) groups excluding carboxylic acids is 2. The van der Waals surface area contributed by atoms with E-state index in [0.717, 1.165) is 18.5 Å². The summed E-state index contributed by atoms with van der Waals surface area (Å²) in [6, 6.07) is 11.1. The van der Waals surface area contributed by atoms with Crippen LogP contribution in [0.15, 0.2) is 51.4 Å². The van der Waals surface area contributed by atoms with Crippen LogP contribution in [0.25, 0.3) is 11.1 Å². The van der Waals surface area contributed by atoms with Crippen molar-refractivity contribution in [3.05, 3.63) is 69.1 Å². The van der Waals surface area contributed by atoms with E-state index in [-0.39, 0.29) is 17.6 Å². The molecule has 5 rings (SSSR count). The lowest BCUT2D eigenvalue weighted by Gasteiger charge is -2.26. The summed E-state index contributed by atoms with van der Waals surface area (Å²) in [5.74, 6) is 1.10. The summed E-state index contributed by atoms with van der Waals surface area (Å²) >= 11 is 3.00. The van der Waals surface area contributed by atoms with Crippen molar-refractivity contribution in [1.29, 1.82) is 0 Å². The fraction of sp³-hybridized carbons (Fsp3) is 0.250. The number of furan rings is 1. The molecule has 7 nitrogen and oxygen atoms in total. The highest BCUT2D eigenvalue weighted by atomic mass is 32.2. The molecule has 0 saturated carbocycles. The van der Waals surface area contributed by atoms with E-state index in [1.165, 1.54) is 22.2 Å². The predicted molar refractivity (Wildman–Crippen MR) is 130 cm³/mol. The maximum absolute atomic E-state index is 12.8. The Hall–Kier alpha value is -3.17. The highest BCUT2D eigenvalue weighted by Gasteiger charge is 2.23. The number of anilines is 1. The molecule has 0 saturated heterocycles. The van der Waals surface area contributed by atoms with Crippen LogP contribution >= 0.6 is 23.1 Å². The number of aryl methyl sites for hydroxylation is 2. The molecule has 0 radical (unpaired) electrons. The van der Waals surface area contributed by atoms with Gasteiger partial charge >= 0.3 is 0 Å². The van der Waals surface area contributed by atoms with Gasteiger partial charge in [-0.05, 0) is 49.4 Å². The summed E-state index contributed by atoms with van der Waals surface area (Å²) in [6.07, 6.45) is 0.895. The fourth-order valence-corrected chi connectivity index (χ4v) is 5.46. The molecule has 1 aromatic carbocycles. The lowest BCUT2D eigenvalue weighted by molar-refractivity contribution is -0.129. The Morgan fingerprint density at radius 2 is 2.00 bits per heavy atom. The first-order valence-electron chi connectivity index (χ1n) is 10.6. The Bertz CT molecular complexity index is 1350. The number of thiophene rings is 1. The number of aromatic nitrogens is 2. The average Bonchev–Trinajstić information content (AvgIpc) is 3.41. The highest BCUT2D eigenvalue weighted by molar-refractivity contribution is 7.99. The number of thioether (sulfide) groups is 1. The monoisotopic (exact) mass is 478 g/mol. The molecule has 4 heterocycles. The largest absolute Gasteiger partial charge is 0.443 e. The number of fused-ring (bicyclic) bond motifs is 2. The van der Waals surface area contributed by atoms with Gasteiger partial charge < -0.3 is 14.6 Å². The molecule has 0 spiro atoms. The minimum absolute atomic E-state index is 0.0437. The van der Waals surface area contributed by atoms with Crippen molar-refractivity contribution in [3.8, 4) is 0 Å². The van der Waals surface area contributed by atoms with Gasteiger partial charge in [0, 0.05) is 29.1 Å². The molecule has 0 fully saturated rings. The standard InChI is InChI=1S/C24H22N4O3S2/c1-14-15(2)31-23-20(14)21(25-22(30)16-6-4-3-5-7-16)26-24(27-23)33-13-19(29)28-10-8-18-17(12-28)9-11-32-18/h3-7,9,11H,8,10,12-13H2,1-2H3,(H,25,26,27,30). The van der Waals surface area contributed by atoms with Crippen LogP contribution in [0.3, 0.4) is 0 Å². The van der Waals surface area contributed by atoms with Crippen LogP contribution in [0.4, 0.5) is 5.82 Å². The Labute approximate surface area is 199 Å². The smallest absolute Gasteiger partial charge is 0.256 e. The predicted octanol–water partition coefficient (Wildman–Crippen LogP) is 4.83. The fourth-order valence-electron chi connectivity index (χ4n) is 3.83. The summed E-state index contributed by atoms with van der Waals surface area (Å²) in [7, 11) is 0. The van der Waals surface area contributed by atoms with E-state index in [1.807, 2.05) is 36.9 Å². The van der Waals surface area contributed by atoms with Gasteiger partial charge in [-0.1, -0.05) is 30.0 Å². The van der Waals surface area contributed by atoms with E-state index < -0.39 is 0 Å². The molecular weight excluding hydrogens is 456 g/mol. The van der Waals surface area contributed by atoms with Crippen LogP contribution < -0.4 is 5.32 Å². The number of nitrogens with one attached hydrogen (secondary N) is 1. The zero-order valence-electron chi connectivity index (χ0n) is 18.3. The first-order chi connectivity index (χ1) is 16.0. The summed E-state index contributed by atoms with van der Waals surface area (Å²) in [6.45, 7) is 5.13. The molecular formula is C24H22N4O3S2. The summed E-state index contributed by atoms with van der Waals surface area (Å²) in [4.78, 5) is 37.9. The third-order valence-corrected chi connectivity index (χ3v) is 7.62. The SMILES string of the molecule is Cc1oc2nc(SCC(=O)N3CCc4sccc4C3)nc(NC(=O)c3ccccc3)c2c1C. The number of nitrogens with zero attached hydrogens (tertiary/aromatic N) is 3. The molecule has 0 aliphatic carbocycles. The third-order valence-electron chi connectivity index (χ3n) is 5.76. The molecule has 0 bridgehead atoms. The van der Waals surface area contributed by atoms with Crippen LogP contribution in [-0.4, -0.2) is 39.0 Å². The van der Waals surface area contributed by atoms with Gasteiger partial charge in [-0.3, -0.25) is 9.59 Å². The Kier molecular flexibility index (Phi) is 5.90. The van der Waals surface area contributed by atoms with Crippen molar-refractivity contribution < 1.29 is 14.0 Å². The van der Waals surface area contributed by atoms with Crippen LogP contribution in [0.2, 0.25) is 0 Å². The van der Waals surface area contributed by atoms with E-state index in [1.54, 1.807) is 23.5 Å². The van der Waals surface area contributed by atoms with E-state index in [4.69, 9.17) is 4.42 Å². The van der Waals surface area contributed by atoms with Gasteiger partial charge in [-0.15, -0.1) is 11.3 Å². The minimum Gasteiger partial charge on any atom is -0.443 e. The number of carbonyl (C=O) groups is 2. The molecule has 4 aromatic rings. The second kappa shape index (κ2) is 8.99. The van der Waals surface area contributed by atoms with Crippen LogP contribution in [0.5, 0.6) is 0 Å². The Morgan fingerprint density at radius 3 is 2.82 bits per heavy atom. The van der Waals surface area contributed by atoms with Crippen molar-refractivity contribution in [2.45, 2.75) is 32.0 Å². The van der Waals surface area contributed by atoms with Crippen molar-refractivity contribution in [2.24, 2.45) is 0 Å². The highest BCUT2D eigenvalue weighted by Crippen LogP contribution is 2.32. The number of benzene rings is 1. The van der Waals surface area contributed by atoms with Crippen molar-refractivity contribution in [3.63, 3.8) is 0 Å². The molecule has 9 heteroatoms. The van der Waals surface area contributed by atoms with Crippen molar-refractivity contribution in [2.75, 3.05) is 17.6 Å². The maximum Gasteiger partial charge on any atom is 0.256 e. The van der Waals surface area contributed by atoms with Gasteiger partial charge in [0.25, 0.3) is 5.91 Å². The molecule has 0 unspecified atom stereocenters. The number of hydrogen-bond acceptors (Lipinski definition) is 7. The van der Waals surface area contributed by atoms with Gasteiger partial charge in [-0.25, -0.2) is 4.98 Å². The summed E-state index contributed by atoms with van der Waals surface area (Å²) in [5, 5.41) is 6.04.